The average molecular weight is 675 g/mol. The maximum Gasteiger partial charge on any atom is 0.248 e. The van der Waals surface area contributed by atoms with Gasteiger partial charge in [-0.05, 0) is 142 Å². The molecule has 0 N–H and O–H groups in total. The summed E-state index contributed by atoms with van der Waals surface area (Å²) in [7, 11) is 0. The van der Waals surface area contributed by atoms with Crippen LogP contribution in [0.3, 0.4) is 0 Å². The molecule has 0 radical (unpaired) electrons. The van der Waals surface area contributed by atoms with Crippen molar-refractivity contribution in [1.29, 1.82) is 0 Å². The van der Waals surface area contributed by atoms with Gasteiger partial charge in [0.05, 0.1) is 12.2 Å². The highest BCUT2D eigenvalue weighted by atomic mass is 16.6. The molecular formula is C43H50N2O5. The number of hydrogen-bond donors (Lipinski definition) is 0. The number of aromatic nitrogens is 2. The van der Waals surface area contributed by atoms with Crippen molar-refractivity contribution in [2.75, 3.05) is 0 Å². The van der Waals surface area contributed by atoms with Crippen LogP contribution in [0.4, 0.5) is 0 Å². The lowest BCUT2D eigenvalue weighted by Gasteiger charge is -2.29. The highest BCUT2D eigenvalue weighted by molar-refractivity contribution is 5.59. The molecule has 1 aromatic heterocycles. The molecule has 2 heterocycles. The van der Waals surface area contributed by atoms with Crippen molar-refractivity contribution in [2.24, 2.45) is 0 Å². The highest BCUT2D eigenvalue weighted by Crippen LogP contribution is 2.36. The third-order valence-electron chi connectivity index (χ3n) is 9.98. The van der Waals surface area contributed by atoms with E-state index in [2.05, 4.69) is 76.0 Å². The molecule has 7 nitrogen and oxygen atoms in total. The van der Waals surface area contributed by atoms with E-state index in [1.54, 1.807) is 0 Å². The highest BCUT2D eigenvalue weighted by Gasteiger charge is 2.36. The van der Waals surface area contributed by atoms with Gasteiger partial charge < -0.3 is 23.4 Å². The summed E-state index contributed by atoms with van der Waals surface area (Å²) < 4.78 is 30.2. The van der Waals surface area contributed by atoms with Crippen LogP contribution in [0.5, 0.6) is 28.7 Å². The third-order valence-corrected chi connectivity index (χ3v) is 9.98. The first kappa shape index (κ1) is 35.2. The van der Waals surface area contributed by atoms with E-state index in [-0.39, 0.29) is 11.0 Å². The monoisotopic (exact) mass is 674 g/mol. The van der Waals surface area contributed by atoms with Crippen molar-refractivity contribution < 1.29 is 23.4 Å². The maximum absolute atomic E-state index is 6.38. The van der Waals surface area contributed by atoms with E-state index >= 15 is 0 Å². The van der Waals surface area contributed by atoms with Crippen molar-refractivity contribution in [1.82, 2.24) is 10.2 Å². The Hall–Kier alpha value is -4.62. The van der Waals surface area contributed by atoms with Gasteiger partial charge in [0.2, 0.25) is 11.8 Å². The second-order valence-electron chi connectivity index (χ2n) is 14.0. The Morgan fingerprint density at radius 1 is 0.600 bits per heavy atom. The smallest absolute Gasteiger partial charge is 0.248 e. The molecular weight excluding hydrogens is 624 g/mol. The summed E-state index contributed by atoms with van der Waals surface area (Å²) in [5, 5.41) is 8.63. The van der Waals surface area contributed by atoms with Gasteiger partial charge in [0, 0.05) is 11.1 Å². The van der Waals surface area contributed by atoms with E-state index in [1.807, 2.05) is 72.8 Å². The summed E-state index contributed by atoms with van der Waals surface area (Å²) in [4.78, 5) is 0. The lowest BCUT2D eigenvalue weighted by Crippen LogP contribution is -2.32. The van der Waals surface area contributed by atoms with Crippen molar-refractivity contribution in [3.63, 3.8) is 0 Å². The SMILES string of the molecule is CCCC(C)(CCC)c1ccc(-c2nnc(-c3ccc(Oc4ccc(Oc5ccc(OC(C)(CC)CCC6OC6C)cc5)cc4)cc3)o2)cc1. The lowest BCUT2D eigenvalue weighted by atomic mass is 9.75. The second-order valence-corrected chi connectivity index (χ2v) is 14.0. The standard InChI is InChI=1S/C43H50N2O5/c1-7-27-42(5,28-8-2)33-14-10-31(11-15-33)40-44-45-41(49-40)32-12-16-34(17-13-32)47-35-18-20-36(21-19-35)48-37-22-24-38(25-23-37)50-43(6,9-3)29-26-39-30(4)46-39/h10-25,30,39H,7-9,26-29H2,1-6H3. The molecule has 0 bridgehead atoms. The Morgan fingerprint density at radius 3 is 1.44 bits per heavy atom. The van der Waals surface area contributed by atoms with E-state index in [9.17, 15) is 0 Å². The Balaban J connectivity index is 1.01. The van der Waals surface area contributed by atoms with Crippen LogP contribution in [0.2, 0.25) is 0 Å². The van der Waals surface area contributed by atoms with Crippen LogP contribution in [-0.4, -0.2) is 28.0 Å². The summed E-state index contributed by atoms with van der Waals surface area (Å²) >= 11 is 0. The van der Waals surface area contributed by atoms with Crippen LogP contribution in [-0.2, 0) is 10.2 Å². The fraction of sp³-hybridized carbons (Fsp3) is 0.395. The minimum Gasteiger partial charge on any atom is -0.488 e. The van der Waals surface area contributed by atoms with Crippen LogP contribution in [0.1, 0.15) is 92.1 Å². The molecule has 262 valence electrons. The molecule has 3 atom stereocenters. The van der Waals surface area contributed by atoms with Gasteiger partial charge in [-0.3, -0.25) is 0 Å². The predicted octanol–water partition coefficient (Wildman–Crippen LogP) is 12.0. The number of benzene rings is 4. The van der Waals surface area contributed by atoms with Gasteiger partial charge in [-0.2, -0.15) is 0 Å². The fourth-order valence-corrected chi connectivity index (χ4v) is 6.64. The van der Waals surface area contributed by atoms with Crippen LogP contribution in [0, 0.1) is 0 Å². The second kappa shape index (κ2) is 15.5. The van der Waals surface area contributed by atoms with Crippen molar-refractivity contribution in [3.05, 3.63) is 103 Å². The molecule has 0 amide bonds. The largest absolute Gasteiger partial charge is 0.488 e. The molecule has 0 aliphatic carbocycles. The number of nitrogens with zero attached hydrogens (tertiary/aromatic N) is 2. The molecule has 4 aromatic carbocycles. The molecule has 5 aromatic rings. The van der Waals surface area contributed by atoms with Crippen LogP contribution in [0.25, 0.3) is 22.9 Å². The van der Waals surface area contributed by atoms with Gasteiger partial charge >= 0.3 is 0 Å². The van der Waals surface area contributed by atoms with E-state index in [1.165, 1.54) is 31.2 Å². The normalized spacial score (nSPS) is 16.8. The zero-order valence-corrected chi connectivity index (χ0v) is 30.3. The topological polar surface area (TPSA) is 79.1 Å². The van der Waals surface area contributed by atoms with Crippen LogP contribution >= 0.6 is 0 Å². The first-order valence-electron chi connectivity index (χ1n) is 18.1. The molecule has 6 rings (SSSR count). The molecule has 1 aliphatic heterocycles. The zero-order valence-electron chi connectivity index (χ0n) is 30.3. The van der Waals surface area contributed by atoms with Crippen LogP contribution in [0.15, 0.2) is 101 Å². The lowest BCUT2D eigenvalue weighted by molar-refractivity contribution is 0.0701. The van der Waals surface area contributed by atoms with Crippen molar-refractivity contribution in [3.8, 4) is 51.7 Å². The Bertz CT molecular complexity index is 1790. The first-order valence-corrected chi connectivity index (χ1v) is 18.1. The first-order chi connectivity index (χ1) is 24.2. The minimum absolute atomic E-state index is 0.187. The van der Waals surface area contributed by atoms with Gasteiger partial charge in [0.25, 0.3) is 0 Å². The predicted molar refractivity (Wildman–Crippen MR) is 198 cm³/mol. The Kier molecular flexibility index (Phi) is 10.9. The third kappa shape index (κ3) is 8.75. The van der Waals surface area contributed by atoms with Crippen LogP contribution < -0.4 is 14.2 Å². The van der Waals surface area contributed by atoms with Crippen molar-refractivity contribution >= 4 is 0 Å². The summed E-state index contributed by atoms with van der Waals surface area (Å²) in [5.41, 5.74) is 3.07. The van der Waals surface area contributed by atoms with Gasteiger partial charge in [0.15, 0.2) is 0 Å². The van der Waals surface area contributed by atoms with Gasteiger partial charge in [0.1, 0.15) is 34.3 Å². The molecule has 0 saturated carbocycles. The maximum atomic E-state index is 6.38. The summed E-state index contributed by atoms with van der Waals surface area (Å²) in [5.74, 6) is 4.68. The summed E-state index contributed by atoms with van der Waals surface area (Å²) in [6, 6.07) is 31.6. The van der Waals surface area contributed by atoms with Gasteiger partial charge in [-0.15, -0.1) is 10.2 Å². The summed E-state index contributed by atoms with van der Waals surface area (Å²) in [6.45, 7) is 13.3. The zero-order chi connectivity index (χ0) is 35.1. The Labute approximate surface area is 297 Å². The quantitative estimate of drug-likeness (QED) is 0.0908. The molecule has 1 aliphatic rings. The van der Waals surface area contributed by atoms with E-state index in [0.29, 0.717) is 35.5 Å². The Morgan fingerprint density at radius 2 is 1.02 bits per heavy atom. The number of epoxide rings is 1. The molecule has 0 spiro atoms. The molecule has 1 saturated heterocycles. The summed E-state index contributed by atoms with van der Waals surface area (Å²) in [6.07, 6.45) is 8.34. The van der Waals surface area contributed by atoms with Crippen molar-refractivity contribution in [2.45, 2.75) is 110 Å². The number of ether oxygens (including phenoxy) is 4. The van der Waals surface area contributed by atoms with E-state index < -0.39 is 0 Å². The van der Waals surface area contributed by atoms with E-state index in [4.69, 9.17) is 23.4 Å². The van der Waals surface area contributed by atoms with Gasteiger partial charge in [-0.1, -0.05) is 52.7 Å². The molecule has 7 heteroatoms. The van der Waals surface area contributed by atoms with E-state index in [0.717, 1.165) is 47.6 Å². The minimum atomic E-state index is -0.223. The average Bonchev–Trinajstić information content (AvgIpc) is 3.62. The molecule has 3 unspecified atom stereocenters. The molecule has 1 fully saturated rings. The fourth-order valence-electron chi connectivity index (χ4n) is 6.64. The number of hydrogen-bond acceptors (Lipinski definition) is 7. The van der Waals surface area contributed by atoms with Gasteiger partial charge in [-0.25, -0.2) is 0 Å². The number of rotatable bonds is 17. The molecule has 50 heavy (non-hydrogen) atoms.